The molecule has 4 rings (SSSR count). The summed E-state index contributed by atoms with van der Waals surface area (Å²) in [5, 5.41) is 16.5. The van der Waals surface area contributed by atoms with Crippen LogP contribution in [0, 0.1) is 0 Å². The molecule has 0 radical (unpaired) electrons. The van der Waals surface area contributed by atoms with Crippen LogP contribution in [0.15, 0.2) is 54.7 Å². The Bertz CT molecular complexity index is 1170. The smallest absolute Gasteiger partial charge is 0.416 e. The van der Waals surface area contributed by atoms with E-state index >= 15 is 0 Å². The molecule has 0 unspecified atom stereocenters. The molecule has 10 heteroatoms. The lowest BCUT2D eigenvalue weighted by atomic mass is 10.1. The van der Waals surface area contributed by atoms with E-state index in [0.717, 1.165) is 43.8 Å². The van der Waals surface area contributed by atoms with Crippen LogP contribution >= 0.6 is 0 Å². The summed E-state index contributed by atoms with van der Waals surface area (Å²) < 4.78 is 46.8. The number of carbonyl (C=O) groups is 1. The van der Waals surface area contributed by atoms with E-state index in [0.29, 0.717) is 30.2 Å². The summed E-state index contributed by atoms with van der Waals surface area (Å²) in [4.78, 5) is 14.9. The van der Waals surface area contributed by atoms with Crippen molar-refractivity contribution in [3.8, 4) is 17.0 Å². The molecule has 1 amide bonds. The van der Waals surface area contributed by atoms with Crippen LogP contribution in [0.5, 0.6) is 5.75 Å². The minimum Gasteiger partial charge on any atom is -0.492 e. The van der Waals surface area contributed by atoms with Gasteiger partial charge in [0.05, 0.1) is 17.4 Å². The van der Waals surface area contributed by atoms with Crippen LogP contribution in [0.1, 0.15) is 28.8 Å². The number of aromatic nitrogens is 2. The number of amides is 1. The quantitative estimate of drug-likeness (QED) is 0.521. The van der Waals surface area contributed by atoms with Crippen LogP contribution in [0.4, 0.5) is 18.9 Å². The SMILES string of the molecule is Cn1nccc1-c1cc(NC(=O)c2cccc(C(F)(F)F)c2)ccc1OCCN1CCC(O)CC1. The van der Waals surface area contributed by atoms with Crippen molar-refractivity contribution in [1.82, 2.24) is 14.7 Å². The maximum Gasteiger partial charge on any atom is 0.416 e. The average molecular weight is 489 g/mol. The number of alkyl halides is 3. The molecule has 0 aliphatic carbocycles. The molecule has 1 aliphatic heterocycles. The summed E-state index contributed by atoms with van der Waals surface area (Å²) >= 11 is 0. The number of carbonyl (C=O) groups excluding carboxylic acids is 1. The maximum absolute atomic E-state index is 13.0. The first-order chi connectivity index (χ1) is 16.7. The Morgan fingerprint density at radius 1 is 1.17 bits per heavy atom. The Morgan fingerprint density at radius 2 is 1.94 bits per heavy atom. The molecule has 2 aromatic carbocycles. The number of aliphatic hydroxyl groups is 1. The van der Waals surface area contributed by atoms with Gasteiger partial charge in [0.25, 0.3) is 5.91 Å². The molecule has 3 aromatic rings. The van der Waals surface area contributed by atoms with Gasteiger partial charge in [0.2, 0.25) is 0 Å². The molecule has 1 aromatic heterocycles. The van der Waals surface area contributed by atoms with E-state index in [1.165, 1.54) is 12.1 Å². The molecule has 0 atom stereocenters. The lowest BCUT2D eigenvalue weighted by Crippen LogP contribution is -2.38. The highest BCUT2D eigenvalue weighted by atomic mass is 19.4. The van der Waals surface area contributed by atoms with Crippen LogP contribution in [0.3, 0.4) is 0 Å². The number of aliphatic hydroxyl groups excluding tert-OH is 1. The fourth-order valence-electron chi connectivity index (χ4n) is 4.04. The number of aryl methyl sites for hydroxylation is 1. The topological polar surface area (TPSA) is 79.6 Å². The number of hydrogen-bond donors (Lipinski definition) is 2. The van der Waals surface area contributed by atoms with Crippen molar-refractivity contribution in [3.63, 3.8) is 0 Å². The zero-order valence-corrected chi connectivity index (χ0v) is 19.3. The van der Waals surface area contributed by atoms with Crippen LogP contribution in [-0.4, -0.2) is 58.0 Å². The second kappa shape index (κ2) is 10.5. The van der Waals surface area contributed by atoms with Gasteiger partial charge in [-0.05, 0) is 55.3 Å². The van der Waals surface area contributed by atoms with Crippen molar-refractivity contribution >= 4 is 11.6 Å². The fourth-order valence-corrected chi connectivity index (χ4v) is 4.04. The normalized spacial score (nSPS) is 15.2. The molecule has 1 saturated heterocycles. The minimum absolute atomic E-state index is 0.0890. The fraction of sp³-hybridized carbons (Fsp3) is 0.360. The van der Waals surface area contributed by atoms with E-state index in [1.807, 2.05) is 6.07 Å². The Labute approximate surface area is 201 Å². The Hall–Kier alpha value is -3.37. The lowest BCUT2D eigenvalue weighted by Gasteiger charge is -2.29. The van der Waals surface area contributed by atoms with Gasteiger partial charge in [-0.2, -0.15) is 18.3 Å². The number of nitrogens with one attached hydrogen (secondary N) is 1. The number of benzene rings is 2. The van der Waals surface area contributed by atoms with E-state index in [-0.39, 0.29) is 11.7 Å². The van der Waals surface area contributed by atoms with Gasteiger partial charge in [-0.1, -0.05) is 6.07 Å². The second-order valence-corrected chi connectivity index (χ2v) is 8.50. The van der Waals surface area contributed by atoms with Crippen molar-refractivity contribution in [3.05, 3.63) is 65.9 Å². The summed E-state index contributed by atoms with van der Waals surface area (Å²) in [5.74, 6) is -0.0456. The van der Waals surface area contributed by atoms with Crippen LogP contribution < -0.4 is 10.1 Å². The molecule has 186 valence electrons. The molecule has 35 heavy (non-hydrogen) atoms. The second-order valence-electron chi connectivity index (χ2n) is 8.50. The molecule has 0 spiro atoms. The predicted molar refractivity (Wildman–Crippen MR) is 125 cm³/mol. The van der Waals surface area contributed by atoms with Crippen LogP contribution in [0.25, 0.3) is 11.3 Å². The Kier molecular flexibility index (Phi) is 7.42. The molecule has 0 saturated carbocycles. The van der Waals surface area contributed by atoms with Gasteiger partial charge in [-0.25, -0.2) is 0 Å². The van der Waals surface area contributed by atoms with Crippen molar-refractivity contribution in [2.24, 2.45) is 7.05 Å². The number of ether oxygens (including phenoxy) is 1. The molecule has 2 heterocycles. The number of nitrogens with zero attached hydrogens (tertiary/aromatic N) is 3. The third-order valence-electron chi connectivity index (χ3n) is 6.01. The minimum atomic E-state index is -4.53. The van der Waals surface area contributed by atoms with Gasteiger partial charge in [-0.15, -0.1) is 0 Å². The third-order valence-corrected chi connectivity index (χ3v) is 6.01. The van der Waals surface area contributed by atoms with E-state index in [4.69, 9.17) is 4.74 Å². The van der Waals surface area contributed by atoms with Gasteiger partial charge in [0.15, 0.2) is 0 Å². The Morgan fingerprint density at radius 3 is 2.63 bits per heavy atom. The first-order valence-corrected chi connectivity index (χ1v) is 11.3. The molecule has 0 bridgehead atoms. The van der Waals surface area contributed by atoms with Crippen molar-refractivity contribution in [2.45, 2.75) is 25.1 Å². The molecular weight excluding hydrogens is 461 g/mol. The summed E-state index contributed by atoms with van der Waals surface area (Å²) in [5.41, 5.74) is 0.903. The predicted octanol–water partition coefficient (Wildman–Crippen LogP) is 4.19. The van der Waals surface area contributed by atoms with Crippen LogP contribution in [-0.2, 0) is 13.2 Å². The summed E-state index contributed by atoms with van der Waals surface area (Å²) in [6, 6.07) is 11.2. The highest BCUT2D eigenvalue weighted by Gasteiger charge is 2.31. The number of piperidine rings is 1. The monoisotopic (exact) mass is 488 g/mol. The highest BCUT2D eigenvalue weighted by molar-refractivity contribution is 6.04. The molecule has 1 aliphatic rings. The van der Waals surface area contributed by atoms with E-state index in [1.54, 1.807) is 36.1 Å². The van der Waals surface area contributed by atoms with Gasteiger partial charge >= 0.3 is 6.18 Å². The Balaban J connectivity index is 1.50. The van der Waals surface area contributed by atoms with Crippen molar-refractivity contribution in [2.75, 3.05) is 31.6 Å². The number of halogens is 3. The number of likely N-dealkylation sites (tertiary alicyclic amines) is 1. The standard InChI is InChI=1S/C25H27F3N4O3/c1-31-22(7-10-29-31)21-16-19(30-24(34)17-3-2-4-18(15-17)25(26,27)28)5-6-23(21)35-14-13-32-11-8-20(33)9-12-32/h2-7,10,15-16,20,33H,8-9,11-14H2,1H3,(H,30,34). The van der Waals surface area contributed by atoms with E-state index in [2.05, 4.69) is 15.3 Å². The van der Waals surface area contributed by atoms with Crippen molar-refractivity contribution < 1.29 is 27.8 Å². The maximum atomic E-state index is 13.0. The van der Waals surface area contributed by atoms with Gasteiger partial charge in [0.1, 0.15) is 12.4 Å². The zero-order valence-electron chi connectivity index (χ0n) is 19.3. The molecule has 1 fully saturated rings. The molecule has 7 nitrogen and oxygen atoms in total. The number of anilines is 1. The molecular formula is C25H27F3N4O3. The van der Waals surface area contributed by atoms with E-state index < -0.39 is 17.6 Å². The number of rotatable bonds is 7. The highest BCUT2D eigenvalue weighted by Crippen LogP contribution is 2.33. The average Bonchev–Trinajstić information content (AvgIpc) is 3.26. The largest absolute Gasteiger partial charge is 0.492 e. The summed E-state index contributed by atoms with van der Waals surface area (Å²) in [7, 11) is 1.78. The third kappa shape index (κ3) is 6.20. The van der Waals surface area contributed by atoms with Gasteiger partial charge in [-0.3, -0.25) is 14.4 Å². The summed E-state index contributed by atoms with van der Waals surface area (Å²) in [6.45, 7) is 2.79. The summed E-state index contributed by atoms with van der Waals surface area (Å²) in [6.07, 6.45) is -1.62. The van der Waals surface area contributed by atoms with Gasteiger partial charge < -0.3 is 15.2 Å². The molecule has 2 N–H and O–H groups in total. The van der Waals surface area contributed by atoms with E-state index in [9.17, 15) is 23.1 Å². The lowest BCUT2D eigenvalue weighted by molar-refractivity contribution is -0.137. The van der Waals surface area contributed by atoms with Gasteiger partial charge in [0, 0.05) is 49.7 Å². The number of hydrogen-bond acceptors (Lipinski definition) is 5. The first-order valence-electron chi connectivity index (χ1n) is 11.3. The first kappa shape index (κ1) is 24.7. The van der Waals surface area contributed by atoms with Crippen LogP contribution in [0.2, 0.25) is 0 Å². The zero-order chi connectivity index (χ0) is 25.0. The van der Waals surface area contributed by atoms with Crippen molar-refractivity contribution in [1.29, 1.82) is 0 Å².